The van der Waals surface area contributed by atoms with Crippen LogP contribution in [-0.2, 0) is 32.5 Å². The van der Waals surface area contributed by atoms with E-state index in [9.17, 15) is 15.3 Å². The molecule has 32 heavy (non-hydrogen) atoms. The van der Waals surface area contributed by atoms with Gasteiger partial charge in [-0.2, -0.15) is 0 Å². The maximum absolute atomic E-state index is 9.85. The van der Waals surface area contributed by atoms with Crippen LogP contribution >= 0.6 is 0 Å². The number of benzene rings is 3. The van der Waals surface area contributed by atoms with Crippen molar-refractivity contribution in [2.24, 2.45) is 0 Å². The lowest BCUT2D eigenvalue weighted by Gasteiger charge is -2.14. The molecule has 3 heteroatoms. The summed E-state index contributed by atoms with van der Waals surface area (Å²) in [7, 11) is 0. The molecule has 0 saturated carbocycles. The maximum atomic E-state index is 9.85. The van der Waals surface area contributed by atoms with E-state index >= 15 is 0 Å². The van der Waals surface area contributed by atoms with Crippen LogP contribution < -0.4 is 0 Å². The van der Waals surface area contributed by atoms with Crippen molar-refractivity contribution in [3.63, 3.8) is 0 Å². The van der Waals surface area contributed by atoms with Gasteiger partial charge in [-0.25, -0.2) is 0 Å². The van der Waals surface area contributed by atoms with E-state index in [2.05, 4.69) is 50.2 Å². The number of hydrogen-bond donors (Lipinski definition) is 3. The summed E-state index contributed by atoms with van der Waals surface area (Å²) in [4.78, 5) is 0. The Hall–Kier alpha value is -2.46. The molecule has 3 N–H and O–H groups in total. The smallest absolute Gasteiger partial charge is 0.0685 e. The Balaban J connectivity index is 1.76. The Kier molecular flexibility index (Phi) is 8.63. The molecule has 3 rings (SSSR count). The molecule has 0 spiro atoms. The second-order valence-corrected chi connectivity index (χ2v) is 8.82. The first-order valence-corrected chi connectivity index (χ1v) is 11.6. The zero-order valence-corrected chi connectivity index (χ0v) is 19.6. The van der Waals surface area contributed by atoms with Gasteiger partial charge in [-0.1, -0.05) is 61.5 Å². The normalized spacial score (nSPS) is 12.2. The highest BCUT2D eigenvalue weighted by atomic mass is 16.3. The van der Waals surface area contributed by atoms with E-state index in [0.29, 0.717) is 0 Å². The highest BCUT2D eigenvalue weighted by Gasteiger charge is 2.10. The van der Waals surface area contributed by atoms with Gasteiger partial charge in [-0.15, -0.1) is 0 Å². The van der Waals surface area contributed by atoms with E-state index in [1.807, 2.05) is 25.1 Å². The summed E-state index contributed by atoms with van der Waals surface area (Å²) in [6.45, 7) is 6.25. The fraction of sp³-hybridized carbons (Fsp3) is 0.379. The van der Waals surface area contributed by atoms with Gasteiger partial charge in [0.15, 0.2) is 0 Å². The summed E-state index contributed by atoms with van der Waals surface area (Å²) in [6.07, 6.45) is 4.10. The second kappa shape index (κ2) is 11.4. The van der Waals surface area contributed by atoms with Crippen molar-refractivity contribution in [2.75, 3.05) is 0 Å². The number of rotatable bonds is 10. The van der Waals surface area contributed by atoms with Gasteiger partial charge in [0.05, 0.1) is 19.3 Å². The van der Waals surface area contributed by atoms with Crippen LogP contribution in [0.4, 0.5) is 0 Å². The highest BCUT2D eigenvalue weighted by molar-refractivity contribution is 5.71. The van der Waals surface area contributed by atoms with Gasteiger partial charge in [-0.3, -0.25) is 0 Å². The van der Waals surface area contributed by atoms with E-state index in [4.69, 9.17) is 0 Å². The van der Waals surface area contributed by atoms with E-state index in [-0.39, 0.29) is 19.3 Å². The average Bonchev–Trinajstić information content (AvgIpc) is 2.82. The fourth-order valence-electron chi connectivity index (χ4n) is 4.26. The summed E-state index contributed by atoms with van der Waals surface area (Å²) < 4.78 is 0. The second-order valence-electron chi connectivity index (χ2n) is 8.82. The molecule has 0 heterocycles. The van der Waals surface area contributed by atoms with Crippen molar-refractivity contribution in [3.05, 3.63) is 93.5 Å². The molecule has 0 aliphatic carbocycles. The van der Waals surface area contributed by atoms with Gasteiger partial charge in [-0.05, 0) is 96.0 Å². The fourth-order valence-corrected chi connectivity index (χ4v) is 4.26. The Morgan fingerprint density at radius 3 is 1.94 bits per heavy atom. The third kappa shape index (κ3) is 6.07. The summed E-state index contributed by atoms with van der Waals surface area (Å²) >= 11 is 0. The summed E-state index contributed by atoms with van der Waals surface area (Å²) in [5.74, 6) is 0. The molecule has 0 aromatic heterocycles. The summed E-state index contributed by atoms with van der Waals surface area (Å²) in [5, 5.41) is 28.8. The van der Waals surface area contributed by atoms with Gasteiger partial charge >= 0.3 is 0 Å². The highest BCUT2D eigenvalue weighted by Crippen LogP contribution is 2.29. The topological polar surface area (TPSA) is 60.7 Å². The van der Waals surface area contributed by atoms with E-state index in [0.717, 1.165) is 43.2 Å². The van der Waals surface area contributed by atoms with Crippen LogP contribution in [-0.4, -0.2) is 21.4 Å². The van der Waals surface area contributed by atoms with Crippen LogP contribution in [0.1, 0.15) is 58.7 Å². The molecule has 0 aliphatic rings. The molecule has 0 aliphatic heterocycles. The Morgan fingerprint density at radius 2 is 1.28 bits per heavy atom. The molecule has 0 saturated heterocycles. The molecular weight excluding hydrogens is 396 g/mol. The van der Waals surface area contributed by atoms with E-state index < -0.39 is 0 Å². The summed E-state index contributed by atoms with van der Waals surface area (Å²) in [6, 6.07) is 19.3. The molecule has 3 nitrogen and oxygen atoms in total. The molecule has 1 unspecified atom stereocenters. The molecule has 1 atom stereocenters. The Morgan fingerprint density at radius 1 is 0.656 bits per heavy atom. The largest absolute Gasteiger partial charge is 0.393 e. The van der Waals surface area contributed by atoms with Gasteiger partial charge in [0.25, 0.3) is 0 Å². The number of aliphatic hydroxyl groups is 3. The number of aliphatic hydroxyl groups excluding tert-OH is 3. The first kappa shape index (κ1) is 24.2. The van der Waals surface area contributed by atoms with Crippen LogP contribution in [0, 0.1) is 13.8 Å². The van der Waals surface area contributed by atoms with E-state index in [1.54, 1.807) is 0 Å². The molecule has 3 aromatic rings. The van der Waals surface area contributed by atoms with Crippen molar-refractivity contribution in [1.82, 2.24) is 0 Å². The third-order valence-electron chi connectivity index (χ3n) is 6.43. The SMILES string of the molecule is CCC(O)CCc1ccc(-c2cc(CCc3ccc(CO)c(CO)c3)ccc2C)c(C)c1. The molecule has 0 bridgehead atoms. The van der Waals surface area contributed by atoms with Crippen molar-refractivity contribution < 1.29 is 15.3 Å². The maximum Gasteiger partial charge on any atom is 0.0685 e. The Labute approximate surface area is 192 Å². The van der Waals surface area contributed by atoms with Crippen LogP contribution in [0.5, 0.6) is 0 Å². The lowest BCUT2D eigenvalue weighted by atomic mass is 9.91. The lowest BCUT2D eigenvalue weighted by molar-refractivity contribution is 0.160. The van der Waals surface area contributed by atoms with Gasteiger partial charge in [0.1, 0.15) is 0 Å². The van der Waals surface area contributed by atoms with Gasteiger partial charge in [0.2, 0.25) is 0 Å². The molecule has 170 valence electrons. The van der Waals surface area contributed by atoms with Gasteiger partial charge < -0.3 is 15.3 Å². The lowest BCUT2D eigenvalue weighted by Crippen LogP contribution is -2.05. The number of hydrogen-bond acceptors (Lipinski definition) is 3. The zero-order chi connectivity index (χ0) is 23.1. The van der Waals surface area contributed by atoms with Crippen LogP contribution in [0.2, 0.25) is 0 Å². The van der Waals surface area contributed by atoms with Crippen LogP contribution in [0.25, 0.3) is 11.1 Å². The first-order chi connectivity index (χ1) is 15.4. The van der Waals surface area contributed by atoms with Crippen molar-refractivity contribution >= 4 is 0 Å². The van der Waals surface area contributed by atoms with Crippen molar-refractivity contribution in [3.8, 4) is 11.1 Å². The minimum atomic E-state index is -0.220. The molecule has 3 aromatic carbocycles. The van der Waals surface area contributed by atoms with E-state index in [1.165, 1.54) is 38.9 Å². The predicted octanol–water partition coefficient (Wildman–Crippen LogP) is 5.44. The zero-order valence-electron chi connectivity index (χ0n) is 19.6. The summed E-state index contributed by atoms with van der Waals surface area (Å²) in [5.41, 5.74) is 10.4. The van der Waals surface area contributed by atoms with Crippen molar-refractivity contribution in [2.45, 2.75) is 72.2 Å². The number of aryl methyl sites for hydroxylation is 5. The monoisotopic (exact) mass is 432 g/mol. The van der Waals surface area contributed by atoms with Crippen molar-refractivity contribution in [1.29, 1.82) is 0 Å². The van der Waals surface area contributed by atoms with Crippen LogP contribution in [0.3, 0.4) is 0 Å². The molecular formula is C29H36O3. The minimum absolute atomic E-state index is 0.0468. The molecule has 0 amide bonds. The minimum Gasteiger partial charge on any atom is -0.393 e. The van der Waals surface area contributed by atoms with Gasteiger partial charge in [0, 0.05) is 0 Å². The Bertz CT molecular complexity index is 1040. The average molecular weight is 433 g/mol. The quantitative estimate of drug-likeness (QED) is 0.400. The first-order valence-electron chi connectivity index (χ1n) is 11.6. The third-order valence-corrected chi connectivity index (χ3v) is 6.43. The molecule has 0 radical (unpaired) electrons. The predicted molar refractivity (Wildman–Crippen MR) is 132 cm³/mol. The standard InChI is InChI=1S/C29H36O3/c1-4-27(32)13-10-22-11-14-28(21(3)15-22)29-17-24(6-5-20(29)2)8-7-23-9-12-25(18-30)26(16-23)19-31/h5-6,9,11-12,14-17,27,30-32H,4,7-8,10,13,18-19H2,1-3H3. The molecule has 0 fully saturated rings. The van der Waals surface area contributed by atoms with Crippen LogP contribution in [0.15, 0.2) is 54.6 Å².